The first-order valence-corrected chi connectivity index (χ1v) is 6.16. The molecule has 0 amide bonds. The molecule has 0 heterocycles. The first-order valence-electron chi connectivity index (χ1n) is 6.16. The van der Waals surface area contributed by atoms with Gasteiger partial charge < -0.3 is 9.84 Å². The van der Waals surface area contributed by atoms with E-state index in [1.807, 2.05) is 27.7 Å². The van der Waals surface area contributed by atoms with Gasteiger partial charge in [-0.2, -0.15) is 0 Å². The molecule has 1 rings (SSSR count). The molecule has 0 bridgehead atoms. The molecule has 1 aliphatic rings. The summed E-state index contributed by atoms with van der Waals surface area (Å²) in [5.74, 6) is 0.202. The van der Waals surface area contributed by atoms with Gasteiger partial charge in [-0.3, -0.25) is 4.79 Å². The van der Waals surface area contributed by atoms with Gasteiger partial charge in [0, 0.05) is 0 Å². The van der Waals surface area contributed by atoms with Gasteiger partial charge in [0.15, 0.2) is 0 Å². The van der Waals surface area contributed by atoms with Crippen LogP contribution in [0.5, 0.6) is 0 Å². The van der Waals surface area contributed by atoms with Crippen LogP contribution in [0.3, 0.4) is 0 Å². The molecule has 0 aliphatic heterocycles. The minimum atomic E-state index is -0.558. The molecule has 1 fully saturated rings. The van der Waals surface area contributed by atoms with Crippen molar-refractivity contribution in [2.45, 2.75) is 59.0 Å². The Balaban J connectivity index is 2.34. The molecule has 0 saturated heterocycles. The molecule has 1 aliphatic carbocycles. The average molecular weight is 228 g/mol. The predicted molar refractivity (Wildman–Crippen MR) is 63.0 cm³/mol. The standard InChI is InChI=1S/C13H24O3/c1-5-12(2,3)11(14)16-9-10-6-7-13(4,15)8-10/h10,15H,5-9H2,1-4H3. The number of hydrogen-bond acceptors (Lipinski definition) is 3. The Kier molecular flexibility index (Phi) is 4.00. The minimum Gasteiger partial charge on any atom is -0.465 e. The zero-order valence-electron chi connectivity index (χ0n) is 10.9. The molecule has 3 nitrogen and oxygen atoms in total. The number of aliphatic hydroxyl groups is 1. The third-order valence-corrected chi connectivity index (χ3v) is 3.71. The van der Waals surface area contributed by atoms with Gasteiger partial charge in [-0.05, 0) is 52.4 Å². The molecule has 0 aromatic rings. The maximum Gasteiger partial charge on any atom is 0.311 e. The summed E-state index contributed by atoms with van der Waals surface area (Å²) in [7, 11) is 0. The Morgan fingerprint density at radius 3 is 2.62 bits per heavy atom. The van der Waals surface area contributed by atoms with Gasteiger partial charge in [0.1, 0.15) is 0 Å². The maximum atomic E-state index is 11.7. The van der Waals surface area contributed by atoms with Crippen molar-refractivity contribution in [2.24, 2.45) is 11.3 Å². The van der Waals surface area contributed by atoms with E-state index in [-0.39, 0.29) is 11.4 Å². The molecule has 0 aromatic carbocycles. The van der Waals surface area contributed by atoms with Crippen LogP contribution >= 0.6 is 0 Å². The van der Waals surface area contributed by atoms with E-state index in [1.165, 1.54) is 0 Å². The summed E-state index contributed by atoms with van der Waals surface area (Å²) < 4.78 is 5.32. The Hall–Kier alpha value is -0.570. The zero-order chi connectivity index (χ0) is 12.4. The fourth-order valence-electron chi connectivity index (χ4n) is 2.02. The van der Waals surface area contributed by atoms with Crippen molar-refractivity contribution in [2.75, 3.05) is 6.61 Å². The molecule has 0 spiro atoms. The van der Waals surface area contributed by atoms with E-state index in [0.717, 1.165) is 25.7 Å². The van der Waals surface area contributed by atoms with Gasteiger partial charge in [0.2, 0.25) is 0 Å². The molecule has 1 saturated carbocycles. The monoisotopic (exact) mass is 228 g/mol. The number of hydrogen-bond donors (Lipinski definition) is 1. The molecular formula is C13H24O3. The van der Waals surface area contributed by atoms with Crippen molar-refractivity contribution >= 4 is 5.97 Å². The van der Waals surface area contributed by atoms with E-state index < -0.39 is 5.60 Å². The number of ether oxygens (including phenoxy) is 1. The van der Waals surface area contributed by atoms with Crippen molar-refractivity contribution in [3.05, 3.63) is 0 Å². The SMILES string of the molecule is CCC(C)(C)C(=O)OCC1CCC(C)(O)C1. The lowest BCUT2D eigenvalue weighted by molar-refractivity contribution is -0.155. The first kappa shape index (κ1) is 13.5. The van der Waals surface area contributed by atoms with Crippen molar-refractivity contribution < 1.29 is 14.6 Å². The van der Waals surface area contributed by atoms with Gasteiger partial charge in [0.25, 0.3) is 0 Å². The van der Waals surface area contributed by atoms with E-state index in [1.54, 1.807) is 0 Å². The second-order valence-electron chi connectivity index (χ2n) is 5.94. The lowest BCUT2D eigenvalue weighted by Gasteiger charge is -2.22. The Bertz CT molecular complexity index is 256. The highest BCUT2D eigenvalue weighted by molar-refractivity contribution is 5.75. The normalized spacial score (nSPS) is 30.4. The highest BCUT2D eigenvalue weighted by atomic mass is 16.5. The molecule has 2 unspecified atom stereocenters. The van der Waals surface area contributed by atoms with Crippen LogP contribution in [-0.4, -0.2) is 23.3 Å². The summed E-state index contributed by atoms with van der Waals surface area (Å²) in [5.41, 5.74) is -0.946. The zero-order valence-corrected chi connectivity index (χ0v) is 10.9. The summed E-state index contributed by atoms with van der Waals surface area (Å²) in [6.45, 7) is 8.10. The maximum absolute atomic E-state index is 11.7. The first-order chi connectivity index (χ1) is 7.27. The lowest BCUT2D eigenvalue weighted by atomic mass is 9.90. The predicted octanol–water partition coefficient (Wildman–Crippen LogP) is 2.52. The third-order valence-electron chi connectivity index (χ3n) is 3.71. The second-order valence-corrected chi connectivity index (χ2v) is 5.94. The summed E-state index contributed by atoms with van der Waals surface area (Å²) in [5, 5.41) is 9.80. The molecule has 0 aromatic heterocycles. The quantitative estimate of drug-likeness (QED) is 0.752. The van der Waals surface area contributed by atoms with Gasteiger partial charge in [0.05, 0.1) is 17.6 Å². The van der Waals surface area contributed by atoms with Crippen molar-refractivity contribution in [1.82, 2.24) is 0 Å². The molecule has 1 N–H and O–H groups in total. The van der Waals surface area contributed by atoms with Crippen LogP contribution in [0.25, 0.3) is 0 Å². The Morgan fingerprint density at radius 1 is 1.56 bits per heavy atom. The van der Waals surface area contributed by atoms with Crippen LogP contribution in [-0.2, 0) is 9.53 Å². The van der Waals surface area contributed by atoms with E-state index in [4.69, 9.17) is 4.74 Å². The van der Waals surface area contributed by atoms with Crippen LogP contribution in [0.2, 0.25) is 0 Å². The largest absolute Gasteiger partial charge is 0.465 e. The van der Waals surface area contributed by atoms with E-state index >= 15 is 0 Å². The van der Waals surface area contributed by atoms with E-state index in [2.05, 4.69) is 0 Å². The molecule has 94 valence electrons. The number of carbonyl (C=O) groups excluding carboxylic acids is 1. The van der Waals surface area contributed by atoms with Gasteiger partial charge >= 0.3 is 5.97 Å². The average Bonchev–Trinajstić information content (AvgIpc) is 2.54. The van der Waals surface area contributed by atoms with Crippen molar-refractivity contribution in [3.63, 3.8) is 0 Å². The molecule has 2 atom stereocenters. The van der Waals surface area contributed by atoms with Crippen LogP contribution in [0.4, 0.5) is 0 Å². The summed E-state index contributed by atoms with van der Waals surface area (Å²) in [6.07, 6.45) is 3.29. The van der Waals surface area contributed by atoms with Crippen LogP contribution in [0.15, 0.2) is 0 Å². The van der Waals surface area contributed by atoms with Gasteiger partial charge in [-0.1, -0.05) is 6.92 Å². The number of carbonyl (C=O) groups is 1. The van der Waals surface area contributed by atoms with Crippen molar-refractivity contribution in [1.29, 1.82) is 0 Å². The lowest BCUT2D eigenvalue weighted by Crippen LogP contribution is -2.28. The summed E-state index contributed by atoms with van der Waals surface area (Å²) in [6, 6.07) is 0. The van der Waals surface area contributed by atoms with Gasteiger partial charge in [-0.25, -0.2) is 0 Å². The second kappa shape index (κ2) is 4.74. The molecule has 16 heavy (non-hydrogen) atoms. The van der Waals surface area contributed by atoms with E-state index in [0.29, 0.717) is 12.5 Å². The highest BCUT2D eigenvalue weighted by Gasteiger charge is 2.34. The topological polar surface area (TPSA) is 46.5 Å². The van der Waals surface area contributed by atoms with Crippen LogP contribution < -0.4 is 0 Å². The molecular weight excluding hydrogens is 204 g/mol. The number of rotatable bonds is 4. The van der Waals surface area contributed by atoms with Gasteiger partial charge in [-0.15, -0.1) is 0 Å². The highest BCUT2D eigenvalue weighted by Crippen LogP contribution is 2.34. The van der Waals surface area contributed by atoms with E-state index in [9.17, 15) is 9.90 Å². The summed E-state index contributed by atoms with van der Waals surface area (Å²) in [4.78, 5) is 11.7. The summed E-state index contributed by atoms with van der Waals surface area (Å²) >= 11 is 0. The van der Waals surface area contributed by atoms with Crippen LogP contribution in [0, 0.1) is 11.3 Å². The molecule has 3 heteroatoms. The fraction of sp³-hybridized carbons (Fsp3) is 0.923. The Morgan fingerprint density at radius 2 is 2.19 bits per heavy atom. The van der Waals surface area contributed by atoms with Crippen LogP contribution in [0.1, 0.15) is 53.4 Å². The Labute approximate surface area is 98.2 Å². The van der Waals surface area contributed by atoms with Crippen molar-refractivity contribution in [3.8, 4) is 0 Å². The smallest absolute Gasteiger partial charge is 0.311 e. The number of esters is 1. The fourth-order valence-corrected chi connectivity index (χ4v) is 2.02. The minimum absolute atomic E-state index is 0.124. The third kappa shape index (κ3) is 3.48. The molecule has 0 radical (unpaired) electrons.